The van der Waals surface area contributed by atoms with Crippen molar-refractivity contribution in [3.63, 3.8) is 0 Å². The molecule has 0 aliphatic heterocycles. The fourth-order valence-corrected chi connectivity index (χ4v) is 1.75. The van der Waals surface area contributed by atoms with Gasteiger partial charge in [0.25, 0.3) is 0 Å². The lowest BCUT2D eigenvalue weighted by molar-refractivity contribution is 0.272. The van der Waals surface area contributed by atoms with Crippen molar-refractivity contribution in [1.29, 1.82) is 0 Å². The molecule has 0 saturated heterocycles. The van der Waals surface area contributed by atoms with E-state index in [4.69, 9.17) is 0 Å². The van der Waals surface area contributed by atoms with E-state index in [1.807, 2.05) is 4.68 Å². The maximum atomic E-state index is 9.21. The van der Waals surface area contributed by atoms with Crippen molar-refractivity contribution in [1.82, 2.24) is 15.0 Å². The first-order chi connectivity index (χ1) is 6.86. The van der Waals surface area contributed by atoms with Gasteiger partial charge >= 0.3 is 0 Å². The summed E-state index contributed by atoms with van der Waals surface area (Å²) in [5.74, 6) is 0.527. The van der Waals surface area contributed by atoms with Gasteiger partial charge in [0.2, 0.25) is 0 Å². The topological polar surface area (TPSA) is 50.9 Å². The number of nitrogens with zero attached hydrogens (tertiary/aromatic N) is 3. The second-order valence-corrected chi connectivity index (χ2v) is 5.37. The van der Waals surface area contributed by atoms with Gasteiger partial charge in [-0.05, 0) is 5.92 Å². The molecule has 0 aliphatic rings. The lowest BCUT2D eigenvalue weighted by Crippen LogP contribution is -2.21. The van der Waals surface area contributed by atoms with Crippen molar-refractivity contribution >= 4 is 0 Å². The highest BCUT2D eigenvalue weighted by atomic mass is 16.3. The van der Waals surface area contributed by atoms with Crippen LogP contribution < -0.4 is 0 Å². The molecule has 1 rings (SSSR count). The van der Waals surface area contributed by atoms with Crippen LogP contribution in [0.1, 0.15) is 46.0 Å². The quantitative estimate of drug-likeness (QED) is 0.828. The molecule has 86 valence electrons. The molecule has 1 N–H and O–H groups in total. The maximum absolute atomic E-state index is 9.21. The lowest BCUT2D eigenvalue weighted by Gasteiger charge is -2.21. The molecule has 4 heteroatoms. The van der Waals surface area contributed by atoms with Crippen molar-refractivity contribution < 1.29 is 5.11 Å². The second kappa shape index (κ2) is 4.31. The Hall–Kier alpha value is -0.900. The van der Waals surface area contributed by atoms with E-state index in [2.05, 4.69) is 44.9 Å². The fourth-order valence-electron chi connectivity index (χ4n) is 1.75. The minimum atomic E-state index is -0.0370. The largest absolute Gasteiger partial charge is 0.390 e. The monoisotopic (exact) mass is 211 g/mol. The van der Waals surface area contributed by atoms with Gasteiger partial charge in [0, 0.05) is 12.0 Å². The molecule has 0 bridgehead atoms. The third kappa shape index (κ3) is 2.78. The molecule has 0 unspecified atom stereocenters. The molecule has 1 aromatic rings. The van der Waals surface area contributed by atoms with Crippen molar-refractivity contribution in [2.24, 2.45) is 5.92 Å². The number of aliphatic hydroxyl groups is 1. The minimum absolute atomic E-state index is 0.0313. The first kappa shape index (κ1) is 12.2. The van der Waals surface area contributed by atoms with Gasteiger partial charge < -0.3 is 5.11 Å². The van der Waals surface area contributed by atoms with Crippen molar-refractivity contribution in [2.75, 3.05) is 0 Å². The molecule has 0 spiro atoms. The summed E-state index contributed by atoms with van der Waals surface area (Å²) in [6.45, 7) is 11.4. The van der Waals surface area contributed by atoms with Crippen LogP contribution >= 0.6 is 0 Å². The van der Waals surface area contributed by atoms with Crippen LogP contribution in [0.3, 0.4) is 0 Å². The molecular weight excluding hydrogens is 190 g/mol. The molecule has 4 nitrogen and oxygen atoms in total. The first-order valence-electron chi connectivity index (χ1n) is 5.40. The number of rotatable bonds is 3. The van der Waals surface area contributed by atoms with Crippen LogP contribution in [0.15, 0.2) is 0 Å². The Kier molecular flexibility index (Phi) is 3.50. The van der Waals surface area contributed by atoms with Crippen LogP contribution in [-0.4, -0.2) is 20.1 Å². The Morgan fingerprint density at radius 2 is 1.93 bits per heavy atom. The third-order valence-electron chi connectivity index (χ3n) is 2.20. The summed E-state index contributed by atoms with van der Waals surface area (Å²) in [4.78, 5) is 0. The van der Waals surface area contributed by atoms with Gasteiger partial charge in [-0.3, -0.25) is 0 Å². The molecule has 0 saturated carbocycles. The van der Waals surface area contributed by atoms with Crippen LogP contribution in [0.5, 0.6) is 0 Å². The zero-order valence-corrected chi connectivity index (χ0v) is 10.3. The van der Waals surface area contributed by atoms with Gasteiger partial charge in [-0.25, -0.2) is 4.68 Å². The Balaban J connectivity index is 3.12. The number of hydrogen-bond donors (Lipinski definition) is 1. The summed E-state index contributed by atoms with van der Waals surface area (Å²) in [6.07, 6.45) is 0. The Labute approximate surface area is 91.3 Å². The van der Waals surface area contributed by atoms with E-state index in [1.54, 1.807) is 0 Å². The highest BCUT2D eigenvalue weighted by Crippen LogP contribution is 2.25. The fraction of sp³-hybridized carbons (Fsp3) is 0.818. The van der Waals surface area contributed by atoms with Crippen LogP contribution in [0.25, 0.3) is 0 Å². The van der Waals surface area contributed by atoms with Gasteiger partial charge in [-0.2, -0.15) is 0 Å². The highest BCUT2D eigenvalue weighted by molar-refractivity contribution is 5.18. The first-order valence-corrected chi connectivity index (χ1v) is 5.40. The van der Waals surface area contributed by atoms with E-state index >= 15 is 0 Å². The van der Waals surface area contributed by atoms with Gasteiger partial charge in [0.05, 0.1) is 12.3 Å². The lowest BCUT2D eigenvalue weighted by atomic mass is 9.90. The van der Waals surface area contributed by atoms with Crippen molar-refractivity contribution in [3.8, 4) is 0 Å². The number of hydrogen-bond acceptors (Lipinski definition) is 3. The summed E-state index contributed by atoms with van der Waals surface area (Å²) >= 11 is 0. The molecule has 0 amide bonds. The van der Waals surface area contributed by atoms with Crippen LogP contribution in [0.4, 0.5) is 0 Å². The summed E-state index contributed by atoms with van der Waals surface area (Å²) in [5, 5.41) is 17.3. The molecular formula is C11H21N3O. The molecule has 1 heterocycles. The van der Waals surface area contributed by atoms with Gasteiger partial charge in [-0.1, -0.05) is 39.8 Å². The average Bonchev–Trinajstić information content (AvgIpc) is 2.45. The third-order valence-corrected chi connectivity index (χ3v) is 2.20. The smallest absolute Gasteiger partial charge is 0.112 e. The van der Waals surface area contributed by atoms with Crippen LogP contribution in [0, 0.1) is 5.92 Å². The van der Waals surface area contributed by atoms with Crippen LogP contribution in [-0.2, 0) is 18.6 Å². The zero-order valence-electron chi connectivity index (χ0n) is 10.3. The Morgan fingerprint density at radius 3 is 2.33 bits per heavy atom. The highest BCUT2D eigenvalue weighted by Gasteiger charge is 2.24. The number of aromatic nitrogens is 3. The summed E-state index contributed by atoms with van der Waals surface area (Å²) in [7, 11) is 0. The molecule has 1 aromatic heterocycles. The van der Waals surface area contributed by atoms with Gasteiger partial charge in [0.15, 0.2) is 0 Å². The molecule has 15 heavy (non-hydrogen) atoms. The maximum Gasteiger partial charge on any atom is 0.112 e. The van der Waals surface area contributed by atoms with E-state index in [9.17, 15) is 5.11 Å². The zero-order chi connectivity index (χ0) is 11.6. The van der Waals surface area contributed by atoms with Gasteiger partial charge in [-0.15, -0.1) is 5.10 Å². The molecule has 0 fully saturated rings. The summed E-state index contributed by atoms with van der Waals surface area (Å²) in [5.41, 5.74) is 1.71. The predicted molar refractivity (Wildman–Crippen MR) is 59.5 cm³/mol. The molecule has 0 aliphatic carbocycles. The second-order valence-electron chi connectivity index (χ2n) is 5.37. The normalized spacial score (nSPS) is 12.5. The molecule has 0 atom stereocenters. The minimum Gasteiger partial charge on any atom is -0.390 e. The summed E-state index contributed by atoms with van der Waals surface area (Å²) < 4.78 is 1.91. The van der Waals surface area contributed by atoms with Gasteiger partial charge in [0.1, 0.15) is 5.69 Å². The number of aliphatic hydroxyl groups excluding tert-OH is 1. The average molecular weight is 211 g/mol. The summed E-state index contributed by atoms with van der Waals surface area (Å²) in [6, 6.07) is 0. The van der Waals surface area contributed by atoms with E-state index in [1.165, 1.54) is 0 Å². The van der Waals surface area contributed by atoms with Crippen molar-refractivity contribution in [2.45, 2.75) is 53.2 Å². The van der Waals surface area contributed by atoms with E-state index in [0.29, 0.717) is 11.6 Å². The Bertz CT molecular complexity index is 323. The SMILES string of the molecule is CC(C)Cn1nnc(CO)c1C(C)(C)C. The van der Waals surface area contributed by atoms with E-state index < -0.39 is 0 Å². The van der Waals surface area contributed by atoms with Crippen LogP contribution in [0.2, 0.25) is 0 Å². The molecule has 0 aromatic carbocycles. The predicted octanol–water partition coefficient (Wildman–Crippen LogP) is 1.72. The van der Waals surface area contributed by atoms with Crippen molar-refractivity contribution in [3.05, 3.63) is 11.4 Å². The van der Waals surface area contributed by atoms with E-state index in [-0.39, 0.29) is 12.0 Å². The molecule has 0 radical (unpaired) electrons. The standard InChI is InChI=1S/C11H21N3O/c1-8(2)6-14-10(11(3,4)5)9(7-15)12-13-14/h8,15H,6-7H2,1-5H3. The van der Waals surface area contributed by atoms with E-state index in [0.717, 1.165) is 12.2 Å². The Morgan fingerprint density at radius 1 is 1.33 bits per heavy atom.